The van der Waals surface area contributed by atoms with Gasteiger partial charge in [-0.05, 0) is 67.1 Å². The molecule has 0 saturated carbocycles. The lowest BCUT2D eigenvalue weighted by atomic mass is 10.2. The molecule has 0 radical (unpaired) electrons. The summed E-state index contributed by atoms with van der Waals surface area (Å²) in [6, 6.07) is 18.0. The molecule has 29 heavy (non-hydrogen) atoms. The van der Waals surface area contributed by atoms with E-state index in [0.717, 1.165) is 11.3 Å². The quantitative estimate of drug-likeness (QED) is 0.491. The second-order valence-electron chi connectivity index (χ2n) is 6.35. The molecule has 0 aliphatic rings. The van der Waals surface area contributed by atoms with E-state index in [2.05, 4.69) is 15.4 Å². The number of pyridine rings is 1. The second-order valence-corrected chi connectivity index (χ2v) is 6.79. The van der Waals surface area contributed by atoms with Gasteiger partial charge in [0.1, 0.15) is 11.5 Å². The van der Waals surface area contributed by atoms with Gasteiger partial charge in [0.15, 0.2) is 5.69 Å². The molecule has 6 nitrogen and oxygen atoms in total. The lowest BCUT2D eigenvalue weighted by Gasteiger charge is -2.10. The van der Waals surface area contributed by atoms with Crippen LogP contribution in [0.3, 0.4) is 0 Å². The van der Waals surface area contributed by atoms with E-state index in [1.54, 1.807) is 47.5 Å². The highest BCUT2D eigenvalue weighted by Gasteiger charge is 2.12. The van der Waals surface area contributed by atoms with Crippen LogP contribution in [0.4, 0.5) is 5.69 Å². The van der Waals surface area contributed by atoms with Crippen LogP contribution in [0.15, 0.2) is 79.3 Å². The van der Waals surface area contributed by atoms with Crippen molar-refractivity contribution in [3.05, 3.63) is 95.5 Å². The van der Waals surface area contributed by atoms with Crippen LogP contribution in [0.2, 0.25) is 5.02 Å². The van der Waals surface area contributed by atoms with Crippen molar-refractivity contribution in [3.8, 4) is 17.2 Å². The number of halogens is 1. The van der Waals surface area contributed by atoms with Crippen molar-refractivity contribution in [2.24, 2.45) is 0 Å². The molecule has 4 rings (SSSR count). The van der Waals surface area contributed by atoms with Crippen LogP contribution in [0.1, 0.15) is 16.1 Å². The summed E-state index contributed by atoms with van der Waals surface area (Å²) < 4.78 is 7.42. The van der Waals surface area contributed by atoms with Gasteiger partial charge < -0.3 is 10.1 Å². The van der Waals surface area contributed by atoms with Crippen molar-refractivity contribution in [2.45, 2.75) is 6.92 Å². The van der Waals surface area contributed by atoms with Crippen LogP contribution in [0.25, 0.3) is 5.69 Å². The van der Waals surface area contributed by atoms with Crippen molar-refractivity contribution in [1.82, 2.24) is 14.8 Å². The van der Waals surface area contributed by atoms with Crippen LogP contribution in [-0.4, -0.2) is 20.7 Å². The van der Waals surface area contributed by atoms with E-state index >= 15 is 0 Å². The van der Waals surface area contributed by atoms with E-state index < -0.39 is 0 Å². The summed E-state index contributed by atoms with van der Waals surface area (Å²) in [5, 5.41) is 7.79. The number of ether oxygens (including phenoxy) is 1. The van der Waals surface area contributed by atoms with Crippen LogP contribution < -0.4 is 10.1 Å². The summed E-state index contributed by atoms with van der Waals surface area (Å²) in [4.78, 5) is 16.6. The summed E-state index contributed by atoms with van der Waals surface area (Å²) in [7, 11) is 0. The van der Waals surface area contributed by atoms with Crippen LogP contribution in [0.5, 0.6) is 11.5 Å². The highest BCUT2D eigenvalue weighted by atomic mass is 35.5. The Bertz CT molecular complexity index is 1160. The summed E-state index contributed by atoms with van der Waals surface area (Å²) in [6.07, 6.45) is 5.05. The molecule has 1 N–H and O–H groups in total. The maximum Gasteiger partial charge on any atom is 0.276 e. The van der Waals surface area contributed by atoms with E-state index in [4.69, 9.17) is 16.3 Å². The fourth-order valence-electron chi connectivity index (χ4n) is 2.78. The average Bonchev–Trinajstić information content (AvgIpc) is 3.21. The number of nitrogens with one attached hydrogen (secondary N) is 1. The van der Waals surface area contributed by atoms with Gasteiger partial charge in [0, 0.05) is 23.1 Å². The number of aromatic nitrogens is 3. The van der Waals surface area contributed by atoms with Crippen LogP contribution in [0, 0.1) is 6.92 Å². The topological polar surface area (TPSA) is 69.0 Å². The lowest BCUT2D eigenvalue weighted by molar-refractivity contribution is 0.102. The van der Waals surface area contributed by atoms with E-state index in [9.17, 15) is 4.79 Å². The molecule has 0 aliphatic heterocycles. The maximum atomic E-state index is 12.6. The molecule has 4 aromatic rings. The van der Waals surface area contributed by atoms with Crippen molar-refractivity contribution < 1.29 is 9.53 Å². The highest BCUT2D eigenvalue weighted by Crippen LogP contribution is 2.27. The molecule has 0 spiro atoms. The molecule has 0 atom stereocenters. The molecule has 0 bridgehead atoms. The largest absolute Gasteiger partial charge is 0.455 e. The number of nitrogens with zero attached hydrogens (tertiary/aromatic N) is 3. The van der Waals surface area contributed by atoms with Gasteiger partial charge >= 0.3 is 0 Å². The molecule has 0 aliphatic carbocycles. The summed E-state index contributed by atoms with van der Waals surface area (Å²) in [5.41, 5.74) is 2.63. The first-order valence-corrected chi connectivity index (χ1v) is 9.28. The maximum absolute atomic E-state index is 12.6. The van der Waals surface area contributed by atoms with Gasteiger partial charge in [-0.15, -0.1) is 0 Å². The molecule has 0 fully saturated rings. The Balaban J connectivity index is 1.47. The van der Waals surface area contributed by atoms with Gasteiger partial charge in [0.2, 0.25) is 0 Å². The van der Waals surface area contributed by atoms with E-state index in [1.807, 2.05) is 43.3 Å². The zero-order chi connectivity index (χ0) is 20.2. The van der Waals surface area contributed by atoms with Crippen molar-refractivity contribution in [3.63, 3.8) is 0 Å². The second kappa shape index (κ2) is 8.16. The van der Waals surface area contributed by atoms with Gasteiger partial charge in [0.05, 0.1) is 11.9 Å². The Morgan fingerprint density at radius 3 is 2.76 bits per heavy atom. The number of hydrogen-bond acceptors (Lipinski definition) is 4. The minimum absolute atomic E-state index is 0.300. The SMILES string of the molecule is Cc1cc(NC(=O)c2ccn(-c3cccc(Cl)c3)n2)ccc1Oc1cccnc1. The number of amides is 1. The molecule has 1 amide bonds. The van der Waals surface area contributed by atoms with Crippen LogP contribution in [-0.2, 0) is 0 Å². The first kappa shape index (κ1) is 18.7. The average molecular weight is 405 g/mol. The zero-order valence-corrected chi connectivity index (χ0v) is 16.3. The molecular formula is C22H17ClN4O2. The van der Waals surface area contributed by atoms with Gasteiger partial charge in [0.25, 0.3) is 5.91 Å². The Morgan fingerprint density at radius 1 is 1.10 bits per heavy atom. The highest BCUT2D eigenvalue weighted by molar-refractivity contribution is 6.30. The van der Waals surface area contributed by atoms with Gasteiger partial charge in [-0.25, -0.2) is 4.68 Å². The Labute approximate surface area is 172 Å². The molecule has 144 valence electrons. The van der Waals surface area contributed by atoms with Crippen LogP contribution >= 0.6 is 11.6 Å². The monoisotopic (exact) mass is 404 g/mol. The third kappa shape index (κ3) is 4.44. The molecular weight excluding hydrogens is 388 g/mol. The molecule has 7 heteroatoms. The van der Waals surface area contributed by atoms with Gasteiger partial charge in [-0.2, -0.15) is 5.10 Å². The van der Waals surface area contributed by atoms with E-state index in [0.29, 0.717) is 27.9 Å². The normalized spacial score (nSPS) is 10.6. The third-order valence-electron chi connectivity index (χ3n) is 4.19. The van der Waals surface area contributed by atoms with E-state index in [-0.39, 0.29) is 5.91 Å². The van der Waals surface area contributed by atoms with Gasteiger partial charge in [-0.3, -0.25) is 9.78 Å². The number of carbonyl (C=O) groups is 1. The van der Waals surface area contributed by atoms with Crippen molar-refractivity contribution >= 4 is 23.2 Å². The van der Waals surface area contributed by atoms with Crippen molar-refractivity contribution in [1.29, 1.82) is 0 Å². The smallest absolute Gasteiger partial charge is 0.276 e. The number of benzene rings is 2. The fourth-order valence-corrected chi connectivity index (χ4v) is 2.96. The Morgan fingerprint density at radius 2 is 2.00 bits per heavy atom. The van der Waals surface area contributed by atoms with Crippen molar-refractivity contribution in [2.75, 3.05) is 5.32 Å². The Kier molecular flexibility index (Phi) is 5.27. The molecule has 0 unspecified atom stereocenters. The third-order valence-corrected chi connectivity index (χ3v) is 4.42. The minimum Gasteiger partial charge on any atom is -0.455 e. The summed E-state index contributed by atoms with van der Waals surface area (Å²) in [6.45, 7) is 1.91. The predicted octanol–water partition coefficient (Wildman–Crippen LogP) is 5.27. The standard InChI is InChI=1S/C22H17ClN4O2/c1-15-12-17(7-8-21(15)29-19-6-3-10-24-14-19)25-22(28)20-9-11-27(26-20)18-5-2-4-16(23)13-18/h2-14H,1H3,(H,25,28). The fraction of sp³-hybridized carbons (Fsp3) is 0.0455. The molecule has 2 aromatic carbocycles. The number of carbonyl (C=O) groups excluding carboxylic acids is 1. The number of anilines is 1. The predicted molar refractivity (Wildman–Crippen MR) is 112 cm³/mol. The minimum atomic E-state index is -0.300. The van der Waals surface area contributed by atoms with E-state index in [1.165, 1.54) is 0 Å². The first-order valence-electron chi connectivity index (χ1n) is 8.90. The molecule has 0 saturated heterocycles. The Hall–Kier alpha value is -3.64. The number of rotatable bonds is 5. The molecule has 2 aromatic heterocycles. The molecule has 2 heterocycles. The number of aryl methyl sites for hydroxylation is 1. The zero-order valence-electron chi connectivity index (χ0n) is 15.5. The summed E-state index contributed by atoms with van der Waals surface area (Å²) >= 11 is 6.02. The lowest BCUT2D eigenvalue weighted by Crippen LogP contribution is -2.13. The number of hydrogen-bond donors (Lipinski definition) is 1. The summed E-state index contributed by atoms with van der Waals surface area (Å²) in [5.74, 6) is 1.05. The first-order chi connectivity index (χ1) is 14.1. The van der Waals surface area contributed by atoms with Gasteiger partial charge in [-0.1, -0.05) is 17.7 Å².